The Balaban J connectivity index is 1.90. The number of hydrogen-bond donors (Lipinski definition) is 1. The van der Waals surface area contributed by atoms with Crippen LogP contribution in [-0.2, 0) is 0 Å². The summed E-state index contributed by atoms with van der Waals surface area (Å²) in [6, 6.07) is 5.03. The van der Waals surface area contributed by atoms with Gasteiger partial charge < -0.3 is 9.84 Å². The fourth-order valence-electron chi connectivity index (χ4n) is 2.26. The second-order valence-electron chi connectivity index (χ2n) is 4.58. The van der Waals surface area contributed by atoms with Crippen LogP contribution in [0.25, 0.3) is 11.5 Å². The van der Waals surface area contributed by atoms with E-state index in [1.165, 1.54) is 0 Å². The number of hydrogen-bond acceptors (Lipinski definition) is 4. The minimum absolute atomic E-state index is 0.243. The van der Waals surface area contributed by atoms with Gasteiger partial charge in [0.15, 0.2) is 5.82 Å². The van der Waals surface area contributed by atoms with E-state index in [4.69, 9.17) is 4.52 Å². The standard InChI is InChI=1S/C13H13BrFN3O/c14-10-3-1-2-9(11(10)15)13-17-12(18-19-13)8-4-6-16-7-5-8/h1-3,8,16H,4-7H2. The molecule has 0 unspecified atom stereocenters. The van der Waals surface area contributed by atoms with E-state index in [9.17, 15) is 4.39 Å². The maximum absolute atomic E-state index is 14.0. The average Bonchev–Trinajstić information content (AvgIpc) is 2.92. The summed E-state index contributed by atoms with van der Waals surface area (Å²) in [5.41, 5.74) is 0.335. The third-order valence-electron chi connectivity index (χ3n) is 3.33. The average molecular weight is 326 g/mol. The van der Waals surface area contributed by atoms with Crippen molar-refractivity contribution in [3.8, 4) is 11.5 Å². The van der Waals surface area contributed by atoms with Crippen LogP contribution in [0, 0.1) is 5.82 Å². The molecule has 1 aromatic carbocycles. The zero-order chi connectivity index (χ0) is 13.2. The third kappa shape index (κ3) is 2.55. The van der Waals surface area contributed by atoms with Crippen LogP contribution in [0.15, 0.2) is 27.2 Å². The fourth-order valence-corrected chi connectivity index (χ4v) is 2.63. The van der Waals surface area contributed by atoms with Gasteiger partial charge in [0, 0.05) is 5.92 Å². The van der Waals surface area contributed by atoms with Gasteiger partial charge in [-0.15, -0.1) is 0 Å². The molecule has 6 heteroatoms. The van der Waals surface area contributed by atoms with E-state index in [-0.39, 0.29) is 11.7 Å². The Hall–Kier alpha value is -1.27. The Kier molecular flexibility index (Phi) is 3.61. The van der Waals surface area contributed by atoms with Gasteiger partial charge in [-0.3, -0.25) is 0 Å². The lowest BCUT2D eigenvalue weighted by Crippen LogP contribution is -2.27. The van der Waals surface area contributed by atoms with Crippen LogP contribution in [0.3, 0.4) is 0 Å². The summed E-state index contributed by atoms with van der Waals surface area (Å²) in [5, 5.41) is 7.28. The summed E-state index contributed by atoms with van der Waals surface area (Å²) in [6.07, 6.45) is 1.97. The maximum Gasteiger partial charge on any atom is 0.260 e. The molecule has 19 heavy (non-hydrogen) atoms. The molecule has 2 heterocycles. The summed E-state index contributed by atoms with van der Waals surface area (Å²) in [6.45, 7) is 1.92. The van der Waals surface area contributed by atoms with Crippen LogP contribution in [-0.4, -0.2) is 23.2 Å². The number of piperidine rings is 1. The number of nitrogens with one attached hydrogen (secondary N) is 1. The minimum atomic E-state index is -0.372. The maximum atomic E-state index is 14.0. The molecule has 1 aromatic heterocycles. The van der Waals surface area contributed by atoms with Crippen molar-refractivity contribution in [2.75, 3.05) is 13.1 Å². The first-order chi connectivity index (χ1) is 9.25. The molecule has 2 aromatic rings. The van der Waals surface area contributed by atoms with E-state index < -0.39 is 0 Å². The van der Waals surface area contributed by atoms with Crippen molar-refractivity contribution in [3.63, 3.8) is 0 Å². The van der Waals surface area contributed by atoms with Crippen molar-refractivity contribution in [2.24, 2.45) is 0 Å². The van der Waals surface area contributed by atoms with Gasteiger partial charge in [-0.25, -0.2) is 4.39 Å². The molecular weight excluding hydrogens is 313 g/mol. The van der Waals surface area contributed by atoms with Crippen LogP contribution >= 0.6 is 15.9 Å². The second-order valence-corrected chi connectivity index (χ2v) is 5.44. The van der Waals surface area contributed by atoms with Gasteiger partial charge in [0.25, 0.3) is 5.89 Å². The first-order valence-corrected chi connectivity index (χ1v) is 7.03. The zero-order valence-electron chi connectivity index (χ0n) is 10.2. The highest BCUT2D eigenvalue weighted by molar-refractivity contribution is 9.10. The Morgan fingerprint density at radius 2 is 2.11 bits per heavy atom. The minimum Gasteiger partial charge on any atom is -0.334 e. The van der Waals surface area contributed by atoms with E-state index in [1.54, 1.807) is 18.2 Å². The number of nitrogens with zero attached hydrogens (tertiary/aromatic N) is 2. The van der Waals surface area contributed by atoms with Gasteiger partial charge in [0.1, 0.15) is 5.82 Å². The normalized spacial score (nSPS) is 16.7. The molecule has 0 bridgehead atoms. The third-order valence-corrected chi connectivity index (χ3v) is 3.94. The number of aromatic nitrogens is 2. The molecule has 0 spiro atoms. The Morgan fingerprint density at radius 1 is 1.32 bits per heavy atom. The molecule has 1 aliphatic heterocycles. The van der Waals surface area contributed by atoms with Crippen LogP contribution in [0.5, 0.6) is 0 Å². The highest BCUT2D eigenvalue weighted by Crippen LogP contribution is 2.29. The molecule has 1 aliphatic rings. The monoisotopic (exact) mass is 325 g/mol. The molecule has 4 nitrogen and oxygen atoms in total. The lowest BCUT2D eigenvalue weighted by molar-refractivity contribution is 0.391. The molecule has 0 radical (unpaired) electrons. The summed E-state index contributed by atoms with van der Waals surface area (Å²) < 4.78 is 19.5. The smallest absolute Gasteiger partial charge is 0.260 e. The highest BCUT2D eigenvalue weighted by atomic mass is 79.9. The van der Waals surface area contributed by atoms with Gasteiger partial charge in [-0.05, 0) is 54.0 Å². The zero-order valence-corrected chi connectivity index (χ0v) is 11.8. The van der Waals surface area contributed by atoms with Gasteiger partial charge in [-0.2, -0.15) is 4.98 Å². The lowest BCUT2D eigenvalue weighted by atomic mass is 9.98. The van der Waals surface area contributed by atoms with E-state index >= 15 is 0 Å². The van der Waals surface area contributed by atoms with Crippen LogP contribution in [0.4, 0.5) is 4.39 Å². The van der Waals surface area contributed by atoms with Crippen molar-refractivity contribution in [2.45, 2.75) is 18.8 Å². The van der Waals surface area contributed by atoms with Gasteiger partial charge in [0.2, 0.25) is 0 Å². The summed E-state index contributed by atoms with van der Waals surface area (Å²) >= 11 is 3.15. The van der Waals surface area contributed by atoms with Gasteiger partial charge >= 0.3 is 0 Å². The van der Waals surface area contributed by atoms with E-state index in [0.717, 1.165) is 25.9 Å². The molecule has 0 atom stereocenters. The second kappa shape index (κ2) is 5.38. The molecule has 0 saturated carbocycles. The van der Waals surface area contributed by atoms with E-state index in [1.807, 2.05) is 0 Å². The summed E-state index contributed by atoms with van der Waals surface area (Å²) in [4.78, 5) is 4.34. The van der Waals surface area contributed by atoms with Crippen molar-refractivity contribution in [1.29, 1.82) is 0 Å². The van der Waals surface area contributed by atoms with E-state index in [0.29, 0.717) is 21.8 Å². The van der Waals surface area contributed by atoms with Crippen LogP contribution < -0.4 is 5.32 Å². The predicted molar refractivity (Wildman–Crippen MR) is 72.2 cm³/mol. The molecule has 3 rings (SSSR count). The molecule has 100 valence electrons. The summed E-state index contributed by atoms with van der Waals surface area (Å²) in [5.74, 6) is 0.847. The molecule has 1 fully saturated rings. The number of rotatable bonds is 2. The Labute approximate surface area is 118 Å². The Morgan fingerprint density at radius 3 is 2.89 bits per heavy atom. The van der Waals surface area contributed by atoms with Gasteiger partial charge in [0.05, 0.1) is 10.0 Å². The first-order valence-electron chi connectivity index (χ1n) is 6.24. The molecule has 0 amide bonds. The SMILES string of the molecule is Fc1c(Br)cccc1-c1nc(C2CCNCC2)no1. The summed E-state index contributed by atoms with van der Waals surface area (Å²) in [7, 11) is 0. The molecule has 0 aliphatic carbocycles. The quantitative estimate of drug-likeness (QED) is 0.921. The predicted octanol–water partition coefficient (Wildman–Crippen LogP) is 3.11. The topological polar surface area (TPSA) is 51.0 Å². The molecular formula is C13H13BrFN3O. The number of halogens is 2. The van der Waals surface area contributed by atoms with E-state index in [2.05, 4.69) is 31.4 Å². The highest BCUT2D eigenvalue weighted by Gasteiger charge is 2.22. The van der Waals surface area contributed by atoms with Crippen LogP contribution in [0.1, 0.15) is 24.6 Å². The van der Waals surface area contributed by atoms with Crippen LogP contribution in [0.2, 0.25) is 0 Å². The largest absolute Gasteiger partial charge is 0.334 e. The van der Waals surface area contributed by atoms with Crippen molar-refractivity contribution < 1.29 is 8.91 Å². The van der Waals surface area contributed by atoms with Crippen molar-refractivity contribution in [1.82, 2.24) is 15.5 Å². The molecule has 1 N–H and O–H groups in total. The Bertz CT molecular complexity index is 581. The fraction of sp³-hybridized carbons (Fsp3) is 0.385. The molecule has 1 saturated heterocycles. The lowest BCUT2D eigenvalue weighted by Gasteiger charge is -2.18. The van der Waals surface area contributed by atoms with Gasteiger partial charge in [-0.1, -0.05) is 11.2 Å². The van der Waals surface area contributed by atoms with Crippen molar-refractivity contribution in [3.05, 3.63) is 34.3 Å². The van der Waals surface area contributed by atoms with Crippen molar-refractivity contribution >= 4 is 15.9 Å². The first kappa shape index (κ1) is 12.7. The number of benzene rings is 1.